The maximum atomic E-state index is 12.6. The molecule has 0 saturated carbocycles. The van der Waals surface area contributed by atoms with Crippen molar-refractivity contribution in [2.24, 2.45) is 0 Å². The summed E-state index contributed by atoms with van der Waals surface area (Å²) in [6, 6.07) is 9.08. The monoisotopic (exact) mass is 378 g/mol. The second-order valence-corrected chi connectivity index (χ2v) is 7.76. The quantitative estimate of drug-likeness (QED) is 0.624. The molecule has 0 aliphatic carbocycles. The zero-order chi connectivity index (χ0) is 18.9. The van der Waals surface area contributed by atoms with Crippen molar-refractivity contribution in [3.8, 4) is 11.5 Å². The molecule has 0 saturated heterocycles. The van der Waals surface area contributed by atoms with Gasteiger partial charge in [-0.05, 0) is 31.2 Å². The lowest BCUT2D eigenvalue weighted by atomic mass is 10.2. The normalized spacial score (nSPS) is 13.9. The van der Waals surface area contributed by atoms with Crippen molar-refractivity contribution < 1.29 is 27.6 Å². The van der Waals surface area contributed by atoms with Crippen molar-refractivity contribution in [2.45, 2.75) is 17.1 Å². The fourth-order valence-corrected chi connectivity index (χ4v) is 3.59. The molecule has 0 aromatic heterocycles. The highest BCUT2D eigenvalue weighted by Gasteiger charge is 2.30. The molecule has 26 heavy (non-hydrogen) atoms. The molecule has 1 amide bonds. The second kappa shape index (κ2) is 6.64. The Kier molecular flexibility index (Phi) is 4.51. The smallest absolute Gasteiger partial charge is 0.269 e. The van der Waals surface area contributed by atoms with Gasteiger partial charge in [-0.1, -0.05) is 0 Å². The number of carbonyl (C=O) groups excluding carboxylic acids is 1. The minimum absolute atomic E-state index is 0.0810. The van der Waals surface area contributed by atoms with E-state index in [0.29, 0.717) is 17.2 Å². The van der Waals surface area contributed by atoms with Crippen molar-refractivity contribution in [1.82, 2.24) is 0 Å². The predicted molar refractivity (Wildman–Crippen MR) is 90.9 cm³/mol. The van der Waals surface area contributed by atoms with Gasteiger partial charge in [-0.3, -0.25) is 14.9 Å². The molecule has 1 heterocycles. The number of nitro benzene ring substituents is 1. The topological polar surface area (TPSA) is 125 Å². The molecular weight excluding hydrogens is 364 g/mol. The Labute approximate surface area is 148 Å². The SMILES string of the molecule is C[C@@H](C(=O)Nc1ccc2c(c1)OCO2)S(=O)(=O)c1ccc([N+](=O)[O-])cc1. The van der Waals surface area contributed by atoms with Gasteiger partial charge in [0.25, 0.3) is 5.69 Å². The number of hydrogen-bond donors (Lipinski definition) is 1. The van der Waals surface area contributed by atoms with Gasteiger partial charge in [-0.2, -0.15) is 0 Å². The zero-order valence-corrected chi connectivity index (χ0v) is 14.4. The summed E-state index contributed by atoms with van der Waals surface area (Å²) < 4.78 is 35.5. The Hall–Kier alpha value is -3.14. The molecule has 10 heteroatoms. The van der Waals surface area contributed by atoms with Crippen LogP contribution in [0, 0.1) is 10.1 Å². The Morgan fingerprint density at radius 2 is 1.81 bits per heavy atom. The van der Waals surface area contributed by atoms with Crippen LogP contribution in [0.3, 0.4) is 0 Å². The van der Waals surface area contributed by atoms with Crippen LogP contribution in [0.2, 0.25) is 0 Å². The van der Waals surface area contributed by atoms with E-state index in [9.17, 15) is 23.3 Å². The van der Waals surface area contributed by atoms with Crippen LogP contribution in [0.1, 0.15) is 6.92 Å². The average Bonchev–Trinajstić information content (AvgIpc) is 3.08. The summed E-state index contributed by atoms with van der Waals surface area (Å²) in [6.07, 6.45) is 0. The summed E-state index contributed by atoms with van der Waals surface area (Å²) in [6.45, 7) is 1.33. The summed E-state index contributed by atoms with van der Waals surface area (Å²) in [7, 11) is -4.00. The number of rotatable bonds is 5. The maximum absolute atomic E-state index is 12.6. The second-order valence-electron chi connectivity index (χ2n) is 5.50. The van der Waals surface area contributed by atoms with Crippen molar-refractivity contribution in [3.63, 3.8) is 0 Å². The van der Waals surface area contributed by atoms with E-state index in [-0.39, 0.29) is 17.4 Å². The lowest BCUT2D eigenvalue weighted by molar-refractivity contribution is -0.384. The molecule has 3 rings (SSSR count). The van der Waals surface area contributed by atoms with Crippen LogP contribution in [-0.2, 0) is 14.6 Å². The third-order valence-corrected chi connectivity index (χ3v) is 5.93. The highest BCUT2D eigenvalue weighted by Crippen LogP contribution is 2.34. The summed E-state index contributed by atoms with van der Waals surface area (Å²) in [5.74, 6) is 0.255. The van der Waals surface area contributed by atoms with E-state index in [1.54, 1.807) is 12.1 Å². The number of benzene rings is 2. The molecule has 1 N–H and O–H groups in total. The lowest BCUT2D eigenvalue weighted by Gasteiger charge is -2.13. The van der Waals surface area contributed by atoms with Crippen molar-refractivity contribution in [2.75, 3.05) is 12.1 Å². The Morgan fingerprint density at radius 1 is 1.15 bits per heavy atom. The first-order valence-corrected chi connectivity index (χ1v) is 9.02. The molecule has 136 valence electrons. The fourth-order valence-electron chi connectivity index (χ4n) is 2.32. The van der Waals surface area contributed by atoms with Gasteiger partial charge in [-0.25, -0.2) is 8.42 Å². The van der Waals surface area contributed by atoms with Crippen LogP contribution in [-0.4, -0.2) is 31.3 Å². The third-order valence-electron chi connectivity index (χ3n) is 3.85. The van der Waals surface area contributed by atoms with Gasteiger partial charge >= 0.3 is 0 Å². The van der Waals surface area contributed by atoms with E-state index in [1.807, 2.05) is 0 Å². The minimum Gasteiger partial charge on any atom is -0.454 e. The van der Waals surface area contributed by atoms with Gasteiger partial charge in [-0.15, -0.1) is 0 Å². The molecular formula is C16H14N2O7S. The van der Waals surface area contributed by atoms with Crippen molar-refractivity contribution in [3.05, 3.63) is 52.6 Å². The van der Waals surface area contributed by atoms with E-state index in [1.165, 1.54) is 13.0 Å². The minimum atomic E-state index is -4.00. The highest BCUT2D eigenvalue weighted by atomic mass is 32.2. The number of hydrogen-bond acceptors (Lipinski definition) is 7. The van der Waals surface area contributed by atoms with Crippen LogP contribution in [0.15, 0.2) is 47.4 Å². The van der Waals surface area contributed by atoms with Gasteiger partial charge in [0.05, 0.1) is 9.82 Å². The lowest BCUT2D eigenvalue weighted by Crippen LogP contribution is -2.32. The molecule has 0 unspecified atom stereocenters. The number of nitrogens with one attached hydrogen (secondary N) is 1. The number of sulfone groups is 1. The molecule has 0 bridgehead atoms. The molecule has 0 radical (unpaired) electrons. The van der Waals surface area contributed by atoms with Gasteiger partial charge in [0, 0.05) is 23.9 Å². The predicted octanol–water partition coefficient (Wildman–Crippen LogP) is 2.12. The number of fused-ring (bicyclic) bond motifs is 1. The first kappa shape index (κ1) is 17.7. The number of amides is 1. The highest BCUT2D eigenvalue weighted by molar-refractivity contribution is 7.92. The van der Waals surface area contributed by atoms with E-state index in [4.69, 9.17) is 9.47 Å². The van der Waals surface area contributed by atoms with Crippen LogP contribution in [0.25, 0.3) is 0 Å². The van der Waals surface area contributed by atoms with Crippen molar-refractivity contribution in [1.29, 1.82) is 0 Å². The summed E-state index contributed by atoms with van der Waals surface area (Å²) in [5.41, 5.74) is 0.131. The first-order valence-electron chi connectivity index (χ1n) is 7.48. The Bertz CT molecular complexity index is 971. The molecule has 1 atom stereocenters. The van der Waals surface area contributed by atoms with Crippen molar-refractivity contribution >= 4 is 27.1 Å². The standard InChI is InChI=1S/C16H14N2O7S/c1-10(26(22,23)13-5-3-12(4-6-13)18(20)21)16(19)17-11-2-7-14-15(8-11)25-9-24-14/h2-8,10H,9H2,1H3,(H,17,19)/t10-/m0/s1. The number of non-ortho nitro benzene ring substituents is 1. The van der Waals surface area contributed by atoms with E-state index < -0.39 is 25.9 Å². The largest absolute Gasteiger partial charge is 0.454 e. The van der Waals surface area contributed by atoms with Gasteiger partial charge in [0.2, 0.25) is 12.7 Å². The van der Waals surface area contributed by atoms with Gasteiger partial charge < -0.3 is 14.8 Å². The average molecular weight is 378 g/mol. The molecule has 9 nitrogen and oxygen atoms in total. The molecule has 0 spiro atoms. The Balaban J connectivity index is 1.77. The summed E-state index contributed by atoms with van der Waals surface area (Å²) >= 11 is 0. The number of ether oxygens (including phenoxy) is 2. The summed E-state index contributed by atoms with van der Waals surface area (Å²) in [5, 5.41) is 11.8. The molecule has 2 aromatic rings. The molecule has 2 aromatic carbocycles. The molecule has 0 fully saturated rings. The van der Waals surface area contributed by atoms with Crippen LogP contribution in [0.5, 0.6) is 11.5 Å². The van der Waals surface area contributed by atoms with Gasteiger partial charge in [0.1, 0.15) is 5.25 Å². The first-order chi connectivity index (χ1) is 12.3. The number of carbonyl (C=O) groups is 1. The fraction of sp³-hybridized carbons (Fsp3) is 0.188. The molecule has 1 aliphatic heterocycles. The van der Waals surface area contributed by atoms with Crippen LogP contribution < -0.4 is 14.8 Å². The van der Waals surface area contributed by atoms with E-state index >= 15 is 0 Å². The van der Waals surface area contributed by atoms with E-state index in [2.05, 4.69) is 5.32 Å². The maximum Gasteiger partial charge on any atom is 0.269 e. The Morgan fingerprint density at radius 3 is 2.46 bits per heavy atom. The number of nitro groups is 1. The zero-order valence-electron chi connectivity index (χ0n) is 13.5. The van der Waals surface area contributed by atoms with Gasteiger partial charge in [0.15, 0.2) is 21.3 Å². The number of nitrogens with zero attached hydrogens (tertiary/aromatic N) is 1. The number of anilines is 1. The van der Waals surface area contributed by atoms with Crippen LogP contribution in [0.4, 0.5) is 11.4 Å². The third kappa shape index (κ3) is 3.31. The van der Waals surface area contributed by atoms with E-state index in [0.717, 1.165) is 24.3 Å². The molecule has 1 aliphatic rings. The summed E-state index contributed by atoms with van der Waals surface area (Å²) in [4.78, 5) is 22.2. The van der Waals surface area contributed by atoms with Crippen LogP contribution >= 0.6 is 0 Å².